The maximum atomic E-state index is 14.7. The fraction of sp³-hybridized carbons (Fsp3) is 0.167. The van der Waals surface area contributed by atoms with Gasteiger partial charge in [-0.25, -0.2) is 18.8 Å². The number of benzene rings is 2. The highest BCUT2D eigenvalue weighted by Crippen LogP contribution is 2.44. The minimum Gasteiger partial charge on any atom is -0.478 e. The van der Waals surface area contributed by atoms with Gasteiger partial charge in [-0.1, -0.05) is 30.3 Å². The average Bonchev–Trinajstić information content (AvgIpc) is 2.81. The number of methoxy groups -OCH3 is 2. The van der Waals surface area contributed by atoms with Crippen LogP contribution < -0.4 is 10.6 Å². The molecular weight excluding hydrogens is 445 g/mol. The van der Waals surface area contributed by atoms with E-state index >= 15 is 0 Å². The minimum atomic E-state index is -1.65. The Bertz CT molecular complexity index is 1290. The number of carboxylic acids is 1. The van der Waals surface area contributed by atoms with Gasteiger partial charge < -0.3 is 20.3 Å². The average molecular weight is 465 g/mol. The predicted molar refractivity (Wildman–Crippen MR) is 118 cm³/mol. The van der Waals surface area contributed by atoms with Crippen molar-refractivity contribution in [2.75, 3.05) is 19.1 Å². The fourth-order valence-corrected chi connectivity index (χ4v) is 3.88. The lowest BCUT2D eigenvalue weighted by Gasteiger charge is -2.36. The van der Waals surface area contributed by atoms with Gasteiger partial charge in [0.1, 0.15) is 22.9 Å². The lowest BCUT2D eigenvalue weighted by molar-refractivity contribution is -0.139. The summed E-state index contributed by atoms with van der Waals surface area (Å²) >= 11 is 0. The van der Waals surface area contributed by atoms with E-state index in [1.54, 1.807) is 30.3 Å². The van der Waals surface area contributed by atoms with E-state index in [2.05, 4.69) is 0 Å². The summed E-state index contributed by atoms with van der Waals surface area (Å²) in [6, 6.07) is 12.5. The Morgan fingerprint density at radius 1 is 1.12 bits per heavy atom. The van der Waals surface area contributed by atoms with Crippen molar-refractivity contribution in [1.29, 1.82) is 5.26 Å². The molecule has 1 unspecified atom stereocenters. The zero-order valence-electron chi connectivity index (χ0n) is 18.5. The van der Waals surface area contributed by atoms with Crippen LogP contribution in [0, 0.1) is 24.1 Å². The van der Waals surface area contributed by atoms with E-state index in [9.17, 15) is 29.1 Å². The number of nitrogens with zero attached hydrogens (tertiary/aromatic N) is 2. The van der Waals surface area contributed by atoms with Crippen molar-refractivity contribution in [2.24, 2.45) is 5.73 Å². The molecule has 3 rings (SSSR count). The number of ether oxygens (including phenoxy) is 2. The number of carbonyl (C=O) groups excluding carboxylic acids is 2. The first kappa shape index (κ1) is 24.0. The van der Waals surface area contributed by atoms with Crippen molar-refractivity contribution in [3.8, 4) is 6.07 Å². The largest absolute Gasteiger partial charge is 0.478 e. The molecule has 0 saturated carbocycles. The molecule has 2 aromatic rings. The van der Waals surface area contributed by atoms with Gasteiger partial charge in [0.2, 0.25) is 0 Å². The van der Waals surface area contributed by atoms with Gasteiger partial charge in [0, 0.05) is 0 Å². The summed E-state index contributed by atoms with van der Waals surface area (Å²) < 4.78 is 24.5. The molecule has 1 aliphatic rings. The van der Waals surface area contributed by atoms with Crippen molar-refractivity contribution >= 4 is 23.6 Å². The van der Waals surface area contributed by atoms with E-state index < -0.39 is 40.9 Å². The Labute approximate surface area is 194 Å². The molecule has 1 heterocycles. The number of esters is 2. The van der Waals surface area contributed by atoms with Gasteiger partial charge in [0.05, 0.1) is 43.0 Å². The maximum Gasteiger partial charge on any atom is 0.355 e. The number of carbonyl (C=O) groups is 3. The van der Waals surface area contributed by atoms with Gasteiger partial charge in [-0.15, -0.1) is 0 Å². The molecule has 34 heavy (non-hydrogen) atoms. The zero-order valence-corrected chi connectivity index (χ0v) is 18.5. The van der Waals surface area contributed by atoms with Crippen LogP contribution in [0.5, 0.6) is 0 Å². The number of hydrogen-bond donors (Lipinski definition) is 2. The second-order valence-corrected chi connectivity index (χ2v) is 7.28. The number of rotatable bonds is 5. The first-order valence-corrected chi connectivity index (χ1v) is 9.86. The molecule has 1 atom stereocenters. The summed E-state index contributed by atoms with van der Waals surface area (Å²) in [7, 11) is 2.13. The molecule has 0 amide bonds. The van der Waals surface area contributed by atoms with Crippen LogP contribution in [0.4, 0.5) is 10.1 Å². The smallest absolute Gasteiger partial charge is 0.355 e. The summed E-state index contributed by atoms with van der Waals surface area (Å²) in [5.41, 5.74) is 4.92. The van der Waals surface area contributed by atoms with E-state index in [1.807, 2.05) is 6.07 Å². The number of hydrogen-bond acceptors (Lipinski definition) is 8. The summed E-state index contributed by atoms with van der Waals surface area (Å²) in [5, 5.41) is 19.7. The number of halogens is 1. The first-order valence-electron chi connectivity index (χ1n) is 9.86. The highest BCUT2D eigenvalue weighted by molar-refractivity contribution is 6.08. The zero-order chi connectivity index (χ0) is 25.2. The highest BCUT2D eigenvalue weighted by atomic mass is 19.1. The molecule has 174 valence electrons. The molecule has 0 saturated heterocycles. The van der Waals surface area contributed by atoms with E-state index in [0.29, 0.717) is 11.1 Å². The van der Waals surface area contributed by atoms with E-state index in [-0.39, 0.29) is 22.7 Å². The number of aromatic carboxylic acids is 1. The highest BCUT2D eigenvalue weighted by Gasteiger charge is 2.44. The van der Waals surface area contributed by atoms with Crippen LogP contribution in [-0.2, 0) is 19.1 Å². The monoisotopic (exact) mass is 465 g/mol. The summed E-state index contributed by atoms with van der Waals surface area (Å²) in [5.74, 6) is -6.29. The van der Waals surface area contributed by atoms with Crippen molar-refractivity contribution in [2.45, 2.75) is 12.8 Å². The van der Waals surface area contributed by atoms with E-state index in [1.165, 1.54) is 13.0 Å². The van der Waals surface area contributed by atoms with Gasteiger partial charge in [0.15, 0.2) is 0 Å². The number of anilines is 1. The maximum absolute atomic E-state index is 14.7. The van der Waals surface area contributed by atoms with Gasteiger partial charge in [0.25, 0.3) is 0 Å². The Balaban J connectivity index is 2.52. The third kappa shape index (κ3) is 3.95. The number of nitriles is 1. The Kier molecular flexibility index (Phi) is 6.68. The molecule has 0 aromatic heterocycles. The Hall–Kier alpha value is -4.65. The van der Waals surface area contributed by atoms with Crippen molar-refractivity contribution in [3.63, 3.8) is 0 Å². The lowest BCUT2D eigenvalue weighted by atomic mass is 9.80. The van der Waals surface area contributed by atoms with Crippen LogP contribution in [-0.4, -0.2) is 37.2 Å². The molecule has 0 fully saturated rings. The van der Waals surface area contributed by atoms with Crippen molar-refractivity contribution in [1.82, 2.24) is 0 Å². The molecular formula is C24H20FN3O6. The molecule has 0 spiro atoms. The third-order valence-electron chi connectivity index (χ3n) is 5.28. The summed E-state index contributed by atoms with van der Waals surface area (Å²) in [6.07, 6.45) is 0. The van der Waals surface area contributed by atoms with Crippen LogP contribution in [0.15, 0.2) is 65.1 Å². The van der Waals surface area contributed by atoms with Crippen molar-refractivity contribution < 1.29 is 33.4 Å². The molecule has 9 nitrogen and oxygen atoms in total. The number of aryl methyl sites for hydroxylation is 1. The minimum absolute atomic E-state index is 0.169. The van der Waals surface area contributed by atoms with Crippen LogP contribution in [0.2, 0.25) is 0 Å². The third-order valence-corrected chi connectivity index (χ3v) is 5.28. The fourth-order valence-electron chi connectivity index (χ4n) is 3.88. The molecule has 10 heteroatoms. The predicted octanol–water partition coefficient (Wildman–Crippen LogP) is 2.73. The SMILES string of the molecule is COC(=O)C1=C(C(=O)OC)N(c2cc(C)cc(F)c2C(=O)O)C(N)=C(C#N)C1c1ccccc1. The van der Waals surface area contributed by atoms with E-state index in [0.717, 1.165) is 25.2 Å². The van der Waals surface area contributed by atoms with Crippen LogP contribution in [0.3, 0.4) is 0 Å². The van der Waals surface area contributed by atoms with Crippen LogP contribution >= 0.6 is 0 Å². The number of nitrogens with two attached hydrogens (primary N) is 1. The van der Waals surface area contributed by atoms with Gasteiger partial charge >= 0.3 is 17.9 Å². The quantitative estimate of drug-likeness (QED) is 0.637. The standard InChI is InChI=1S/C24H20FN3O6/c1-12-9-15(25)18(22(29)30)16(10-12)28-20(24(32)34-3)19(23(31)33-2)17(14(11-26)21(28)27)13-7-5-4-6-8-13/h4-10,17H,27H2,1-3H3,(H,29,30). The summed E-state index contributed by atoms with van der Waals surface area (Å²) in [6.45, 7) is 1.50. The van der Waals surface area contributed by atoms with Gasteiger partial charge in [-0.3, -0.25) is 4.90 Å². The van der Waals surface area contributed by atoms with Crippen molar-refractivity contribution in [3.05, 3.63) is 87.6 Å². The lowest BCUT2D eigenvalue weighted by Crippen LogP contribution is -2.41. The van der Waals surface area contributed by atoms with E-state index in [4.69, 9.17) is 15.2 Å². The van der Waals surface area contributed by atoms with Gasteiger partial charge in [-0.2, -0.15) is 5.26 Å². The van der Waals surface area contributed by atoms with Gasteiger partial charge in [-0.05, 0) is 30.2 Å². The topological polar surface area (TPSA) is 143 Å². The van der Waals surface area contributed by atoms with Crippen LogP contribution in [0.25, 0.3) is 0 Å². The normalized spacial score (nSPS) is 15.6. The molecule has 0 aliphatic carbocycles. The second kappa shape index (κ2) is 9.46. The molecule has 3 N–H and O–H groups in total. The molecule has 0 radical (unpaired) electrons. The number of allylic oxidation sites excluding steroid dienone is 1. The van der Waals surface area contributed by atoms with Crippen LogP contribution in [0.1, 0.15) is 27.4 Å². The summed E-state index contributed by atoms with van der Waals surface area (Å²) in [4.78, 5) is 38.8. The second-order valence-electron chi connectivity index (χ2n) is 7.28. The molecule has 1 aliphatic heterocycles. The first-order chi connectivity index (χ1) is 16.2. The number of carboxylic acid groups (broad SMARTS) is 1. The molecule has 2 aromatic carbocycles. The Morgan fingerprint density at radius 2 is 1.74 bits per heavy atom. The Morgan fingerprint density at radius 3 is 2.26 bits per heavy atom. The molecule has 0 bridgehead atoms.